The molecule has 1 fully saturated rings. The van der Waals surface area contributed by atoms with Gasteiger partial charge in [0.15, 0.2) is 11.5 Å². The van der Waals surface area contributed by atoms with Gasteiger partial charge in [0.05, 0.1) is 19.2 Å². The topological polar surface area (TPSA) is 98.6 Å². The van der Waals surface area contributed by atoms with E-state index in [1.165, 1.54) is 0 Å². The monoisotopic (exact) mass is 527 g/mol. The minimum Gasteiger partial charge on any atom is -0.493 e. The summed E-state index contributed by atoms with van der Waals surface area (Å²) < 4.78 is 12.9. The number of nitrogens with zero attached hydrogens (tertiary/aromatic N) is 4. The summed E-state index contributed by atoms with van der Waals surface area (Å²) >= 11 is 0. The van der Waals surface area contributed by atoms with Crippen molar-refractivity contribution in [3.8, 4) is 11.5 Å². The maximum atomic E-state index is 14.1. The SMILES string of the molecule is CCOc1ccc([C@@H](C(=O)NC2CCCC2)N(C(=O)Cn2nnc3ccccc32)c2ccccc2)cc1OC. The molecule has 1 aromatic heterocycles. The van der Waals surface area contributed by atoms with Crippen LogP contribution in [0.4, 0.5) is 5.69 Å². The predicted octanol–water partition coefficient (Wildman–Crippen LogP) is 4.67. The fourth-order valence-corrected chi connectivity index (χ4v) is 5.16. The number of anilines is 1. The van der Waals surface area contributed by atoms with Gasteiger partial charge in [-0.2, -0.15) is 0 Å². The molecule has 1 heterocycles. The van der Waals surface area contributed by atoms with Gasteiger partial charge in [-0.1, -0.05) is 54.5 Å². The molecule has 1 N–H and O–H groups in total. The van der Waals surface area contributed by atoms with Gasteiger partial charge in [0.25, 0.3) is 0 Å². The van der Waals surface area contributed by atoms with E-state index in [2.05, 4.69) is 15.6 Å². The number of hydrogen-bond donors (Lipinski definition) is 1. The van der Waals surface area contributed by atoms with Gasteiger partial charge in [0.1, 0.15) is 18.1 Å². The van der Waals surface area contributed by atoms with E-state index in [4.69, 9.17) is 9.47 Å². The van der Waals surface area contributed by atoms with Crippen LogP contribution in [0.2, 0.25) is 0 Å². The van der Waals surface area contributed by atoms with E-state index in [9.17, 15) is 9.59 Å². The van der Waals surface area contributed by atoms with Crippen molar-refractivity contribution in [1.82, 2.24) is 20.3 Å². The average molecular weight is 528 g/mol. The number of amides is 2. The number of methoxy groups -OCH3 is 1. The maximum absolute atomic E-state index is 14.1. The Hall–Kier alpha value is -4.40. The van der Waals surface area contributed by atoms with Gasteiger partial charge in [-0.25, -0.2) is 4.68 Å². The van der Waals surface area contributed by atoms with Crippen molar-refractivity contribution in [2.45, 2.75) is 51.2 Å². The highest BCUT2D eigenvalue weighted by Gasteiger charge is 2.35. The Morgan fingerprint density at radius 1 is 1.03 bits per heavy atom. The standard InChI is InChI=1S/C30H33N5O4/c1-3-39-26-18-17-21(19-27(26)38-2)29(30(37)31-22-11-7-8-12-22)35(23-13-5-4-6-14-23)28(36)20-34-25-16-10-9-15-24(25)32-33-34/h4-6,9-10,13-19,22,29H,3,7-8,11-12,20H2,1-2H3,(H,31,37)/t29-/m0/s1. The van der Waals surface area contributed by atoms with Crippen molar-refractivity contribution in [2.75, 3.05) is 18.6 Å². The lowest BCUT2D eigenvalue weighted by Crippen LogP contribution is -2.47. The number of aromatic nitrogens is 3. The molecule has 0 unspecified atom stereocenters. The van der Waals surface area contributed by atoms with Crippen LogP contribution in [0.3, 0.4) is 0 Å². The van der Waals surface area contributed by atoms with Gasteiger partial charge in [-0.05, 0) is 61.7 Å². The minimum absolute atomic E-state index is 0.0802. The van der Waals surface area contributed by atoms with E-state index in [0.717, 1.165) is 31.2 Å². The van der Waals surface area contributed by atoms with E-state index < -0.39 is 6.04 Å². The van der Waals surface area contributed by atoms with Crippen molar-refractivity contribution in [2.24, 2.45) is 0 Å². The number of para-hydroxylation sites is 2. The lowest BCUT2D eigenvalue weighted by molar-refractivity contribution is -0.127. The first-order chi connectivity index (χ1) is 19.1. The zero-order valence-electron chi connectivity index (χ0n) is 22.2. The minimum atomic E-state index is -0.945. The van der Waals surface area contributed by atoms with Gasteiger partial charge < -0.3 is 14.8 Å². The number of carbonyl (C=O) groups excluding carboxylic acids is 2. The van der Waals surface area contributed by atoms with Crippen LogP contribution in [0.15, 0.2) is 72.8 Å². The molecule has 4 aromatic rings. The number of ether oxygens (including phenoxy) is 2. The number of fused-ring (bicyclic) bond motifs is 1. The third kappa shape index (κ3) is 5.72. The molecule has 39 heavy (non-hydrogen) atoms. The molecule has 3 aromatic carbocycles. The van der Waals surface area contributed by atoms with E-state index in [-0.39, 0.29) is 24.4 Å². The molecule has 0 saturated heterocycles. The van der Waals surface area contributed by atoms with Crippen LogP contribution < -0.4 is 19.7 Å². The molecule has 9 heteroatoms. The largest absolute Gasteiger partial charge is 0.493 e. The summed E-state index contributed by atoms with van der Waals surface area (Å²) in [6.07, 6.45) is 4.00. The second-order valence-electron chi connectivity index (χ2n) is 9.57. The zero-order chi connectivity index (χ0) is 27.2. The molecule has 0 bridgehead atoms. The van der Waals surface area contributed by atoms with Gasteiger partial charge in [0, 0.05) is 11.7 Å². The maximum Gasteiger partial charge on any atom is 0.249 e. The molecular formula is C30H33N5O4. The first-order valence-electron chi connectivity index (χ1n) is 13.4. The summed E-state index contributed by atoms with van der Waals surface area (Å²) in [6.45, 7) is 2.29. The van der Waals surface area contributed by atoms with Crippen LogP contribution in [0.1, 0.15) is 44.2 Å². The summed E-state index contributed by atoms with van der Waals surface area (Å²) in [5, 5.41) is 11.6. The summed E-state index contributed by atoms with van der Waals surface area (Å²) in [6, 6.07) is 21.2. The Morgan fingerprint density at radius 2 is 1.77 bits per heavy atom. The summed E-state index contributed by atoms with van der Waals surface area (Å²) in [5.74, 6) is 0.533. The highest BCUT2D eigenvalue weighted by Crippen LogP contribution is 2.35. The quantitative estimate of drug-likeness (QED) is 0.322. The second-order valence-corrected chi connectivity index (χ2v) is 9.57. The number of carbonyl (C=O) groups is 2. The molecule has 0 aliphatic heterocycles. The highest BCUT2D eigenvalue weighted by atomic mass is 16.5. The van der Waals surface area contributed by atoms with Crippen LogP contribution in [0, 0.1) is 0 Å². The van der Waals surface area contributed by atoms with Gasteiger partial charge >= 0.3 is 0 Å². The van der Waals surface area contributed by atoms with E-state index in [1.807, 2.05) is 67.6 Å². The molecular weight excluding hydrogens is 494 g/mol. The molecule has 0 spiro atoms. The van der Waals surface area contributed by atoms with Crippen molar-refractivity contribution < 1.29 is 19.1 Å². The third-order valence-corrected chi connectivity index (χ3v) is 7.02. The van der Waals surface area contributed by atoms with Crippen LogP contribution in [0.5, 0.6) is 11.5 Å². The molecule has 1 saturated carbocycles. The van der Waals surface area contributed by atoms with Crippen LogP contribution in [-0.2, 0) is 16.1 Å². The normalized spacial score (nSPS) is 14.2. The third-order valence-electron chi connectivity index (χ3n) is 7.02. The van der Waals surface area contributed by atoms with E-state index >= 15 is 0 Å². The summed E-state index contributed by atoms with van der Waals surface area (Å²) in [4.78, 5) is 29.7. The summed E-state index contributed by atoms with van der Waals surface area (Å²) in [7, 11) is 1.56. The zero-order valence-corrected chi connectivity index (χ0v) is 22.2. The molecule has 9 nitrogen and oxygen atoms in total. The first kappa shape index (κ1) is 26.2. The highest BCUT2D eigenvalue weighted by molar-refractivity contribution is 6.01. The van der Waals surface area contributed by atoms with Crippen LogP contribution >= 0.6 is 0 Å². The predicted molar refractivity (Wildman–Crippen MR) is 149 cm³/mol. The summed E-state index contributed by atoms with van der Waals surface area (Å²) in [5.41, 5.74) is 2.66. The van der Waals surface area contributed by atoms with Crippen molar-refractivity contribution in [3.63, 3.8) is 0 Å². The molecule has 202 valence electrons. The van der Waals surface area contributed by atoms with Crippen LogP contribution in [0.25, 0.3) is 11.0 Å². The molecule has 1 aliphatic rings. The van der Waals surface area contributed by atoms with Crippen LogP contribution in [-0.4, -0.2) is 46.6 Å². The fraction of sp³-hybridized carbons (Fsp3) is 0.333. The number of benzene rings is 3. The van der Waals surface area contributed by atoms with Gasteiger partial charge in [0.2, 0.25) is 11.8 Å². The Labute approximate surface area is 227 Å². The van der Waals surface area contributed by atoms with E-state index in [1.54, 1.807) is 28.8 Å². The number of nitrogens with one attached hydrogen (secondary N) is 1. The Morgan fingerprint density at radius 3 is 2.51 bits per heavy atom. The smallest absolute Gasteiger partial charge is 0.249 e. The Kier molecular flexibility index (Phi) is 8.05. The Bertz CT molecular complexity index is 1430. The molecule has 5 rings (SSSR count). The van der Waals surface area contributed by atoms with E-state index in [0.29, 0.717) is 34.9 Å². The number of rotatable bonds is 10. The number of hydrogen-bond acceptors (Lipinski definition) is 6. The molecule has 0 radical (unpaired) electrons. The fourth-order valence-electron chi connectivity index (χ4n) is 5.16. The molecule has 2 amide bonds. The Balaban J connectivity index is 1.58. The lowest BCUT2D eigenvalue weighted by atomic mass is 10.0. The molecule has 1 atom stereocenters. The van der Waals surface area contributed by atoms with Gasteiger partial charge in [-0.15, -0.1) is 5.10 Å². The van der Waals surface area contributed by atoms with Crippen molar-refractivity contribution in [3.05, 3.63) is 78.4 Å². The average Bonchev–Trinajstić information content (AvgIpc) is 3.62. The van der Waals surface area contributed by atoms with Crippen molar-refractivity contribution >= 4 is 28.5 Å². The second kappa shape index (κ2) is 12.0. The first-order valence-corrected chi connectivity index (χ1v) is 13.4. The molecule has 1 aliphatic carbocycles. The lowest BCUT2D eigenvalue weighted by Gasteiger charge is -2.32. The van der Waals surface area contributed by atoms with Gasteiger partial charge in [-0.3, -0.25) is 14.5 Å². The van der Waals surface area contributed by atoms with Crippen molar-refractivity contribution in [1.29, 1.82) is 0 Å².